The normalized spacial score (nSPS) is 12.3. The lowest BCUT2D eigenvalue weighted by molar-refractivity contribution is 0.559. The van der Waals surface area contributed by atoms with Gasteiger partial charge < -0.3 is 5.32 Å². The molecule has 1 unspecified atom stereocenters. The van der Waals surface area contributed by atoms with E-state index in [4.69, 9.17) is 0 Å². The van der Waals surface area contributed by atoms with Gasteiger partial charge in [-0.3, -0.25) is 0 Å². The molecular weight excluding hydrogens is 261 g/mol. The number of nitrogens with one attached hydrogen (secondary N) is 1. The van der Waals surface area contributed by atoms with Crippen molar-refractivity contribution in [1.82, 2.24) is 5.32 Å². The Kier molecular flexibility index (Phi) is 5.94. The Morgan fingerprint density at radius 3 is 2.38 bits per heavy atom. The second kappa shape index (κ2) is 7.94. The third-order valence-electron chi connectivity index (χ3n) is 3.82. The predicted molar refractivity (Wildman–Crippen MR) is 87.0 cm³/mol. The second-order valence-electron chi connectivity index (χ2n) is 5.51. The van der Waals surface area contributed by atoms with Gasteiger partial charge in [0.25, 0.3) is 0 Å². The Morgan fingerprint density at radius 1 is 1.00 bits per heavy atom. The molecule has 0 spiro atoms. The van der Waals surface area contributed by atoms with Gasteiger partial charge in [-0.2, -0.15) is 0 Å². The van der Waals surface area contributed by atoms with Crippen LogP contribution in [-0.4, -0.2) is 6.54 Å². The molecule has 2 aromatic rings. The van der Waals surface area contributed by atoms with E-state index in [1.807, 2.05) is 12.1 Å². The minimum atomic E-state index is -0.115. The summed E-state index contributed by atoms with van der Waals surface area (Å²) in [7, 11) is 0. The van der Waals surface area contributed by atoms with Crippen molar-refractivity contribution in [2.75, 3.05) is 6.54 Å². The van der Waals surface area contributed by atoms with Crippen molar-refractivity contribution in [2.24, 2.45) is 0 Å². The van der Waals surface area contributed by atoms with E-state index in [-0.39, 0.29) is 11.9 Å². The number of rotatable bonds is 7. The molecule has 1 nitrogen and oxygen atoms in total. The van der Waals surface area contributed by atoms with Crippen LogP contribution in [0, 0.1) is 5.82 Å². The van der Waals surface area contributed by atoms with Gasteiger partial charge in [-0.25, -0.2) is 4.39 Å². The molecule has 2 heteroatoms. The van der Waals surface area contributed by atoms with Crippen LogP contribution >= 0.6 is 0 Å². The Morgan fingerprint density at radius 2 is 1.71 bits per heavy atom. The molecule has 21 heavy (non-hydrogen) atoms. The monoisotopic (exact) mass is 285 g/mol. The number of halogens is 1. The Hall–Kier alpha value is -1.67. The molecule has 2 aromatic carbocycles. The van der Waals surface area contributed by atoms with Gasteiger partial charge in [0.05, 0.1) is 0 Å². The second-order valence-corrected chi connectivity index (χ2v) is 5.51. The molecule has 0 aliphatic heterocycles. The van der Waals surface area contributed by atoms with Crippen molar-refractivity contribution in [2.45, 2.75) is 39.2 Å². The minimum Gasteiger partial charge on any atom is -0.310 e. The Labute approximate surface area is 127 Å². The summed E-state index contributed by atoms with van der Waals surface area (Å²) in [5.74, 6) is -0.115. The molecule has 0 aromatic heterocycles. The van der Waals surface area contributed by atoms with Gasteiger partial charge in [0.15, 0.2) is 0 Å². The maximum absolute atomic E-state index is 13.5. The highest BCUT2D eigenvalue weighted by Gasteiger charge is 2.06. The molecule has 0 aliphatic carbocycles. The topological polar surface area (TPSA) is 12.0 Å². The number of hydrogen-bond acceptors (Lipinski definition) is 1. The van der Waals surface area contributed by atoms with E-state index in [1.54, 1.807) is 6.07 Å². The molecule has 112 valence electrons. The molecule has 1 N–H and O–H groups in total. The van der Waals surface area contributed by atoms with Gasteiger partial charge in [-0.05, 0) is 49.1 Å². The molecule has 2 rings (SSSR count). The van der Waals surface area contributed by atoms with Crippen molar-refractivity contribution in [1.29, 1.82) is 0 Å². The zero-order chi connectivity index (χ0) is 15.1. The highest BCUT2D eigenvalue weighted by atomic mass is 19.1. The van der Waals surface area contributed by atoms with Gasteiger partial charge in [-0.15, -0.1) is 0 Å². The third-order valence-corrected chi connectivity index (χ3v) is 3.82. The summed E-state index contributed by atoms with van der Waals surface area (Å²) in [5, 5.41) is 3.46. The van der Waals surface area contributed by atoms with Crippen LogP contribution in [-0.2, 0) is 12.8 Å². The summed E-state index contributed by atoms with van der Waals surface area (Å²) in [6, 6.07) is 16.0. The average molecular weight is 285 g/mol. The van der Waals surface area contributed by atoms with Crippen molar-refractivity contribution in [3.8, 4) is 0 Å². The number of hydrogen-bond donors (Lipinski definition) is 1. The molecule has 1 atom stereocenters. The van der Waals surface area contributed by atoms with Crippen molar-refractivity contribution in [3.63, 3.8) is 0 Å². The molecule has 0 saturated heterocycles. The van der Waals surface area contributed by atoms with E-state index in [2.05, 4.69) is 43.4 Å². The van der Waals surface area contributed by atoms with Crippen LogP contribution in [0.25, 0.3) is 0 Å². The molecular formula is C19H24FN. The van der Waals surface area contributed by atoms with Crippen LogP contribution in [0.15, 0.2) is 48.5 Å². The zero-order valence-corrected chi connectivity index (χ0v) is 12.9. The average Bonchev–Trinajstić information content (AvgIpc) is 2.50. The molecule has 0 amide bonds. The van der Waals surface area contributed by atoms with E-state index in [9.17, 15) is 4.39 Å². The maximum Gasteiger partial charge on any atom is 0.126 e. The van der Waals surface area contributed by atoms with Crippen LogP contribution in [0.5, 0.6) is 0 Å². The summed E-state index contributed by atoms with van der Waals surface area (Å²) in [6.07, 6.45) is 3.02. The van der Waals surface area contributed by atoms with Gasteiger partial charge >= 0.3 is 0 Å². The minimum absolute atomic E-state index is 0.115. The fourth-order valence-electron chi connectivity index (χ4n) is 2.50. The zero-order valence-electron chi connectivity index (χ0n) is 12.9. The van der Waals surface area contributed by atoms with Crippen molar-refractivity contribution >= 4 is 0 Å². The summed E-state index contributed by atoms with van der Waals surface area (Å²) in [6.45, 7) is 5.12. The molecule has 0 fully saturated rings. The summed E-state index contributed by atoms with van der Waals surface area (Å²) in [5.41, 5.74) is 3.44. The Bertz CT molecular complexity index is 548. The largest absolute Gasteiger partial charge is 0.310 e. The van der Waals surface area contributed by atoms with Gasteiger partial charge in [-0.1, -0.05) is 55.8 Å². The molecule has 0 aliphatic rings. The molecule has 0 bridgehead atoms. The standard InChI is InChI=1S/C19H24FN/c1-3-6-16-9-11-17(12-10-16)15(2)21-14-13-18-7-4-5-8-19(18)20/h4-5,7-12,15,21H,3,6,13-14H2,1-2H3. The predicted octanol–water partition coefficient (Wildman–Crippen LogP) is 4.67. The van der Waals surface area contributed by atoms with E-state index >= 15 is 0 Å². The first kappa shape index (κ1) is 15.7. The van der Waals surface area contributed by atoms with Crippen LogP contribution < -0.4 is 5.32 Å². The molecule has 0 radical (unpaired) electrons. The summed E-state index contributed by atoms with van der Waals surface area (Å²) in [4.78, 5) is 0. The smallest absolute Gasteiger partial charge is 0.126 e. The first-order valence-electron chi connectivity index (χ1n) is 7.76. The number of aryl methyl sites for hydroxylation is 1. The van der Waals surface area contributed by atoms with E-state index < -0.39 is 0 Å². The lowest BCUT2D eigenvalue weighted by atomic mass is 10.0. The summed E-state index contributed by atoms with van der Waals surface area (Å²) >= 11 is 0. The SMILES string of the molecule is CCCc1ccc(C(C)NCCc2ccccc2F)cc1. The fraction of sp³-hybridized carbons (Fsp3) is 0.368. The van der Waals surface area contributed by atoms with E-state index in [0.717, 1.165) is 18.5 Å². The van der Waals surface area contributed by atoms with Crippen LogP contribution in [0.4, 0.5) is 4.39 Å². The van der Waals surface area contributed by atoms with Gasteiger partial charge in [0, 0.05) is 6.04 Å². The maximum atomic E-state index is 13.5. The molecule has 0 heterocycles. The van der Waals surface area contributed by atoms with Gasteiger partial charge in [0.1, 0.15) is 5.82 Å². The first-order chi connectivity index (χ1) is 10.2. The van der Waals surface area contributed by atoms with Gasteiger partial charge in [0.2, 0.25) is 0 Å². The summed E-state index contributed by atoms with van der Waals surface area (Å²) < 4.78 is 13.5. The lowest BCUT2D eigenvalue weighted by Gasteiger charge is -2.15. The van der Waals surface area contributed by atoms with Crippen LogP contribution in [0.2, 0.25) is 0 Å². The van der Waals surface area contributed by atoms with E-state index in [0.29, 0.717) is 6.42 Å². The van der Waals surface area contributed by atoms with Crippen LogP contribution in [0.1, 0.15) is 43.0 Å². The number of benzene rings is 2. The quantitative estimate of drug-likeness (QED) is 0.779. The lowest BCUT2D eigenvalue weighted by Crippen LogP contribution is -2.21. The highest BCUT2D eigenvalue weighted by Crippen LogP contribution is 2.14. The molecule has 0 saturated carbocycles. The van der Waals surface area contributed by atoms with Crippen molar-refractivity contribution < 1.29 is 4.39 Å². The fourth-order valence-corrected chi connectivity index (χ4v) is 2.50. The first-order valence-corrected chi connectivity index (χ1v) is 7.76. The van der Waals surface area contributed by atoms with E-state index in [1.165, 1.54) is 23.6 Å². The Balaban J connectivity index is 1.84. The van der Waals surface area contributed by atoms with Crippen LogP contribution in [0.3, 0.4) is 0 Å². The third kappa shape index (κ3) is 4.68. The highest BCUT2D eigenvalue weighted by molar-refractivity contribution is 5.25. The van der Waals surface area contributed by atoms with Crippen molar-refractivity contribution in [3.05, 3.63) is 71.0 Å².